The molecule has 0 spiro atoms. The molecule has 0 fully saturated rings. The first-order valence-corrected chi connectivity index (χ1v) is 11.5. The van der Waals surface area contributed by atoms with Crippen molar-refractivity contribution in [3.63, 3.8) is 0 Å². The maximum absolute atomic E-state index is 12.1. The number of unbranched alkanes of at least 4 members (excludes halogenated alkanes) is 13. The Morgan fingerprint density at radius 3 is 1.37 bits per heavy atom. The zero-order chi connectivity index (χ0) is 20.4. The van der Waals surface area contributed by atoms with Crippen LogP contribution in [0.3, 0.4) is 0 Å². The zero-order valence-electron chi connectivity index (χ0n) is 18.2. The van der Waals surface area contributed by atoms with E-state index in [2.05, 4.69) is 6.92 Å². The molecule has 27 heavy (non-hydrogen) atoms. The molecule has 4 nitrogen and oxygen atoms in total. The molecule has 0 radical (unpaired) electrons. The second-order valence-corrected chi connectivity index (χ2v) is 7.83. The largest absolute Gasteiger partial charge is 0.480 e. The quantitative estimate of drug-likeness (QED) is 0.149. The van der Waals surface area contributed by atoms with Crippen molar-refractivity contribution in [1.29, 1.82) is 0 Å². The Bertz CT molecular complexity index is 375. The minimum atomic E-state index is -1.37. The lowest BCUT2D eigenvalue weighted by atomic mass is 9.82. The van der Waals surface area contributed by atoms with Crippen molar-refractivity contribution in [2.24, 2.45) is 5.41 Å². The van der Waals surface area contributed by atoms with Crippen LogP contribution in [0, 0.1) is 5.41 Å². The van der Waals surface area contributed by atoms with Gasteiger partial charge in [-0.25, -0.2) is 0 Å². The van der Waals surface area contributed by atoms with E-state index in [0.717, 1.165) is 12.8 Å². The maximum atomic E-state index is 12.1. The highest BCUT2D eigenvalue weighted by atomic mass is 16.5. The smallest absolute Gasteiger partial charge is 0.323 e. The Hall–Kier alpha value is -1.06. The molecule has 0 heterocycles. The molecule has 0 aliphatic rings. The Balaban J connectivity index is 3.50. The molecule has 0 amide bonds. The highest BCUT2D eigenvalue weighted by Gasteiger charge is 2.44. The fourth-order valence-corrected chi connectivity index (χ4v) is 3.53. The van der Waals surface area contributed by atoms with Gasteiger partial charge < -0.3 is 9.84 Å². The molecule has 0 aromatic rings. The van der Waals surface area contributed by atoms with E-state index < -0.39 is 17.4 Å². The van der Waals surface area contributed by atoms with Crippen LogP contribution in [0.2, 0.25) is 0 Å². The van der Waals surface area contributed by atoms with Crippen LogP contribution in [0.1, 0.15) is 124 Å². The van der Waals surface area contributed by atoms with Crippen LogP contribution in [0.5, 0.6) is 0 Å². The maximum Gasteiger partial charge on any atom is 0.323 e. The van der Waals surface area contributed by atoms with Gasteiger partial charge in [0, 0.05) is 0 Å². The highest BCUT2D eigenvalue weighted by Crippen LogP contribution is 2.28. The van der Waals surface area contributed by atoms with Crippen molar-refractivity contribution in [3.05, 3.63) is 0 Å². The highest BCUT2D eigenvalue weighted by molar-refractivity contribution is 5.99. The van der Waals surface area contributed by atoms with Gasteiger partial charge in [0.05, 0.1) is 6.61 Å². The number of aliphatic carboxylic acids is 1. The van der Waals surface area contributed by atoms with Crippen molar-refractivity contribution in [2.75, 3.05) is 6.61 Å². The second-order valence-electron chi connectivity index (χ2n) is 7.83. The fourth-order valence-electron chi connectivity index (χ4n) is 3.53. The van der Waals surface area contributed by atoms with Gasteiger partial charge in [-0.05, 0) is 19.3 Å². The average molecular weight is 385 g/mol. The van der Waals surface area contributed by atoms with Gasteiger partial charge in [0.2, 0.25) is 0 Å². The summed E-state index contributed by atoms with van der Waals surface area (Å²) in [4.78, 5) is 23.5. The number of rotatable bonds is 19. The number of ether oxygens (including phenoxy) is 1. The minimum absolute atomic E-state index is 0.274. The van der Waals surface area contributed by atoms with E-state index in [1.54, 1.807) is 13.8 Å². The van der Waals surface area contributed by atoms with Crippen molar-refractivity contribution < 1.29 is 19.4 Å². The number of carboxylic acid groups (broad SMARTS) is 1. The molecule has 0 aromatic heterocycles. The van der Waals surface area contributed by atoms with Crippen LogP contribution in [-0.4, -0.2) is 23.7 Å². The summed E-state index contributed by atoms with van der Waals surface area (Å²) in [6.07, 6.45) is 18.5. The average Bonchev–Trinajstić information content (AvgIpc) is 2.66. The van der Waals surface area contributed by atoms with Gasteiger partial charge >= 0.3 is 11.9 Å². The predicted molar refractivity (Wildman–Crippen MR) is 112 cm³/mol. The molecule has 0 aliphatic carbocycles. The predicted octanol–water partition coefficient (Wildman–Crippen LogP) is 6.90. The van der Waals surface area contributed by atoms with Crippen molar-refractivity contribution in [1.82, 2.24) is 0 Å². The summed E-state index contributed by atoms with van der Waals surface area (Å²) in [5.74, 6) is -1.65. The molecule has 0 aliphatic heterocycles. The number of carbonyl (C=O) groups is 2. The number of hydrogen-bond acceptors (Lipinski definition) is 3. The molecule has 0 rings (SSSR count). The van der Waals surface area contributed by atoms with Gasteiger partial charge in [0.1, 0.15) is 0 Å². The lowest BCUT2D eigenvalue weighted by Crippen LogP contribution is -2.39. The Labute approximate surface area is 167 Å². The summed E-state index contributed by atoms with van der Waals surface area (Å²) in [5, 5.41) is 9.32. The monoisotopic (exact) mass is 384 g/mol. The normalized spacial score (nSPS) is 11.5. The van der Waals surface area contributed by atoms with Gasteiger partial charge in [-0.3, -0.25) is 9.59 Å². The van der Waals surface area contributed by atoms with E-state index in [1.165, 1.54) is 77.0 Å². The van der Waals surface area contributed by atoms with Gasteiger partial charge in [0.15, 0.2) is 5.41 Å². The summed E-state index contributed by atoms with van der Waals surface area (Å²) in [6.45, 7) is 6.05. The summed E-state index contributed by atoms with van der Waals surface area (Å²) in [5.41, 5.74) is -1.37. The lowest BCUT2D eigenvalue weighted by molar-refractivity contribution is -0.169. The van der Waals surface area contributed by atoms with Crippen LogP contribution in [0.15, 0.2) is 0 Å². The summed E-state index contributed by atoms with van der Waals surface area (Å²) in [6, 6.07) is 0. The van der Waals surface area contributed by atoms with Gasteiger partial charge in [-0.2, -0.15) is 0 Å². The molecule has 0 atom stereocenters. The first kappa shape index (κ1) is 25.9. The van der Waals surface area contributed by atoms with E-state index in [-0.39, 0.29) is 12.8 Å². The van der Waals surface area contributed by atoms with Crippen molar-refractivity contribution >= 4 is 11.9 Å². The fraction of sp³-hybridized carbons (Fsp3) is 0.913. The molecule has 0 aromatic carbocycles. The molecule has 0 saturated carbocycles. The summed E-state index contributed by atoms with van der Waals surface area (Å²) >= 11 is 0. The third-order valence-corrected chi connectivity index (χ3v) is 5.74. The van der Waals surface area contributed by atoms with E-state index in [9.17, 15) is 14.7 Å². The molecule has 1 N–H and O–H groups in total. The molecular weight excluding hydrogens is 340 g/mol. The van der Waals surface area contributed by atoms with Crippen LogP contribution in [0.4, 0.5) is 0 Å². The first-order valence-electron chi connectivity index (χ1n) is 11.5. The zero-order valence-corrected chi connectivity index (χ0v) is 18.2. The van der Waals surface area contributed by atoms with Gasteiger partial charge in [-0.1, -0.05) is 104 Å². The molecular formula is C23H44O4. The molecule has 0 bridgehead atoms. The second kappa shape index (κ2) is 17.1. The third kappa shape index (κ3) is 11.4. The molecule has 0 unspecified atom stereocenters. The summed E-state index contributed by atoms with van der Waals surface area (Å²) < 4.78 is 5.24. The van der Waals surface area contributed by atoms with Crippen LogP contribution >= 0.6 is 0 Å². The first-order chi connectivity index (χ1) is 13.0. The SMILES string of the molecule is CCCCCCCCCCCCCCCCOC(=O)C(CC)(CC)C(=O)O. The third-order valence-electron chi connectivity index (χ3n) is 5.74. The van der Waals surface area contributed by atoms with E-state index in [0.29, 0.717) is 6.61 Å². The van der Waals surface area contributed by atoms with Gasteiger partial charge in [0.25, 0.3) is 0 Å². The minimum Gasteiger partial charge on any atom is -0.480 e. The molecule has 4 heteroatoms. The van der Waals surface area contributed by atoms with Gasteiger partial charge in [-0.15, -0.1) is 0 Å². The number of hydrogen-bond donors (Lipinski definition) is 1. The Morgan fingerprint density at radius 2 is 1.04 bits per heavy atom. The molecule has 0 saturated heterocycles. The van der Waals surface area contributed by atoms with Crippen molar-refractivity contribution in [3.8, 4) is 0 Å². The van der Waals surface area contributed by atoms with Crippen LogP contribution < -0.4 is 0 Å². The van der Waals surface area contributed by atoms with Crippen LogP contribution in [-0.2, 0) is 14.3 Å². The van der Waals surface area contributed by atoms with Crippen molar-refractivity contribution in [2.45, 2.75) is 124 Å². The number of carbonyl (C=O) groups excluding carboxylic acids is 1. The lowest BCUT2D eigenvalue weighted by Gasteiger charge is -2.24. The summed E-state index contributed by atoms with van der Waals surface area (Å²) in [7, 11) is 0. The van der Waals surface area contributed by atoms with E-state index >= 15 is 0 Å². The molecule has 160 valence electrons. The topological polar surface area (TPSA) is 63.6 Å². The Kier molecular flexibility index (Phi) is 16.4. The Morgan fingerprint density at radius 1 is 0.667 bits per heavy atom. The van der Waals surface area contributed by atoms with E-state index in [1.807, 2.05) is 0 Å². The standard InChI is InChI=1S/C23H44O4/c1-4-7-8-9-10-11-12-13-14-15-16-17-18-19-20-27-22(26)23(5-2,6-3)21(24)25/h4-20H2,1-3H3,(H,24,25). The number of carboxylic acids is 1. The number of esters is 1. The van der Waals surface area contributed by atoms with Crippen LogP contribution in [0.25, 0.3) is 0 Å². The van der Waals surface area contributed by atoms with E-state index in [4.69, 9.17) is 4.74 Å².